The summed E-state index contributed by atoms with van der Waals surface area (Å²) in [6.45, 7) is 9.67. The number of benzene rings is 1. The molecule has 122 valence electrons. The summed E-state index contributed by atoms with van der Waals surface area (Å²) in [6, 6.07) is 7.81. The minimum Gasteiger partial charge on any atom is -0.497 e. The first kappa shape index (κ1) is 18.8. The van der Waals surface area contributed by atoms with Crippen molar-refractivity contribution in [2.24, 2.45) is 5.92 Å². The molecule has 0 amide bonds. The third-order valence-electron chi connectivity index (χ3n) is 3.24. The highest BCUT2D eigenvalue weighted by Crippen LogP contribution is 2.13. The van der Waals surface area contributed by atoms with Crippen LogP contribution in [0.25, 0.3) is 0 Å². The molecule has 2 atom stereocenters. The van der Waals surface area contributed by atoms with Crippen molar-refractivity contribution in [3.05, 3.63) is 29.8 Å². The first-order valence-electron chi connectivity index (χ1n) is 7.70. The van der Waals surface area contributed by atoms with Gasteiger partial charge >= 0.3 is 0 Å². The molecule has 22 heavy (non-hydrogen) atoms. The van der Waals surface area contributed by atoms with E-state index in [-0.39, 0.29) is 5.92 Å². The van der Waals surface area contributed by atoms with E-state index in [9.17, 15) is 5.11 Å². The lowest BCUT2D eigenvalue weighted by Gasteiger charge is -2.17. The Bertz CT molecular complexity index is 494. The molecule has 1 aromatic rings. The highest BCUT2D eigenvalue weighted by Gasteiger charge is 2.14. The van der Waals surface area contributed by atoms with Crippen LogP contribution >= 0.6 is 0 Å². The molecule has 0 aliphatic heterocycles. The molecule has 0 radical (unpaired) electrons. The lowest BCUT2D eigenvalue weighted by Crippen LogP contribution is -2.22. The van der Waals surface area contributed by atoms with Crippen molar-refractivity contribution in [1.82, 2.24) is 0 Å². The van der Waals surface area contributed by atoms with Crippen LogP contribution < -0.4 is 4.74 Å². The van der Waals surface area contributed by atoms with Crippen LogP contribution in [0.5, 0.6) is 5.75 Å². The van der Waals surface area contributed by atoms with Crippen LogP contribution in [-0.2, 0) is 11.3 Å². The molecular formula is C18H28O3Si. The van der Waals surface area contributed by atoms with Crippen molar-refractivity contribution in [2.45, 2.75) is 45.7 Å². The summed E-state index contributed by atoms with van der Waals surface area (Å²) in [4.78, 5) is 0. The molecule has 0 unspecified atom stereocenters. The van der Waals surface area contributed by atoms with E-state index in [0.717, 1.165) is 11.3 Å². The fraction of sp³-hybridized carbons (Fsp3) is 0.556. The highest BCUT2D eigenvalue weighted by molar-refractivity contribution is 6.83. The second kappa shape index (κ2) is 8.99. The van der Waals surface area contributed by atoms with Gasteiger partial charge in [0, 0.05) is 12.3 Å². The SMILES string of the molecule is COc1ccc(COC[C@@H](C)[C@@H](O)CC#C[Si](C)(C)C)cc1. The normalized spacial score (nSPS) is 13.9. The van der Waals surface area contributed by atoms with E-state index in [2.05, 4.69) is 31.1 Å². The minimum atomic E-state index is -1.35. The van der Waals surface area contributed by atoms with Crippen molar-refractivity contribution in [2.75, 3.05) is 13.7 Å². The third-order valence-corrected chi connectivity index (χ3v) is 4.17. The first-order valence-corrected chi connectivity index (χ1v) is 11.2. The quantitative estimate of drug-likeness (QED) is 0.617. The summed E-state index contributed by atoms with van der Waals surface area (Å²) in [5.41, 5.74) is 4.37. The summed E-state index contributed by atoms with van der Waals surface area (Å²) in [5.74, 6) is 4.04. The molecule has 4 heteroatoms. The summed E-state index contributed by atoms with van der Waals surface area (Å²) in [5, 5.41) is 10.1. The molecule has 0 saturated carbocycles. The highest BCUT2D eigenvalue weighted by atomic mass is 28.3. The van der Waals surface area contributed by atoms with Crippen LogP contribution in [0.2, 0.25) is 19.6 Å². The summed E-state index contributed by atoms with van der Waals surface area (Å²) >= 11 is 0. The second-order valence-corrected chi connectivity index (χ2v) is 11.4. The van der Waals surface area contributed by atoms with Crippen molar-refractivity contribution in [3.63, 3.8) is 0 Å². The number of hydrogen-bond donors (Lipinski definition) is 1. The molecule has 0 bridgehead atoms. The Hall–Kier alpha value is -1.28. The van der Waals surface area contributed by atoms with Gasteiger partial charge in [0.05, 0.1) is 26.4 Å². The van der Waals surface area contributed by atoms with Crippen molar-refractivity contribution in [3.8, 4) is 17.2 Å². The molecule has 1 N–H and O–H groups in total. The van der Waals surface area contributed by atoms with Crippen LogP contribution in [0.15, 0.2) is 24.3 Å². The Kier molecular flexibility index (Phi) is 7.67. The monoisotopic (exact) mass is 320 g/mol. The van der Waals surface area contributed by atoms with E-state index in [1.807, 2.05) is 31.2 Å². The maximum atomic E-state index is 10.1. The number of aliphatic hydroxyl groups is 1. The Labute approximate surface area is 135 Å². The molecule has 1 aromatic carbocycles. The number of methoxy groups -OCH3 is 1. The molecule has 0 aliphatic carbocycles. The molecule has 3 nitrogen and oxygen atoms in total. The van der Waals surface area contributed by atoms with Crippen molar-refractivity contribution in [1.29, 1.82) is 0 Å². The predicted octanol–water partition coefficient (Wildman–Crippen LogP) is 3.48. The molecular weight excluding hydrogens is 292 g/mol. The van der Waals surface area contributed by atoms with Gasteiger partial charge < -0.3 is 14.6 Å². The van der Waals surface area contributed by atoms with Crippen molar-refractivity contribution < 1.29 is 14.6 Å². The van der Waals surface area contributed by atoms with Gasteiger partial charge in [-0.3, -0.25) is 0 Å². The van der Waals surface area contributed by atoms with Crippen LogP contribution in [0.3, 0.4) is 0 Å². The largest absolute Gasteiger partial charge is 0.497 e. The average Bonchev–Trinajstić information content (AvgIpc) is 2.46. The fourth-order valence-corrected chi connectivity index (χ4v) is 2.45. The van der Waals surface area contributed by atoms with Crippen molar-refractivity contribution >= 4 is 8.07 Å². The van der Waals surface area contributed by atoms with Gasteiger partial charge in [-0.15, -0.1) is 11.5 Å². The van der Waals surface area contributed by atoms with Crippen LogP contribution in [-0.4, -0.2) is 33.0 Å². The fourth-order valence-electron chi connectivity index (χ4n) is 1.82. The zero-order valence-electron chi connectivity index (χ0n) is 14.3. The Morgan fingerprint density at radius 1 is 1.18 bits per heavy atom. The zero-order valence-corrected chi connectivity index (χ0v) is 15.3. The van der Waals surface area contributed by atoms with E-state index < -0.39 is 14.2 Å². The number of aliphatic hydroxyl groups excluding tert-OH is 1. The van der Waals surface area contributed by atoms with Gasteiger partial charge in [0.25, 0.3) is 0 Å². The van der Waals surface area contributed by atoms with Gasteiger partial charge in [-0.1, -0.05) is 38.7 Å². The summed E-state index contributed by atoms with van der Waals surface area (Å²) in [6.07, 6.45) is 0.0943. The van der Waals surface area contributed by atoms with Gasteiger partial charge in [0.2, 0.25) is 0 Å². The van der Waals surface area contributed by atoms with E-state index >= 15 is 0 Å². The topological polar surface area (TPSA) is 38.7 Å². The maximum Gasteiger partial charge on any atom is 0.129 e. The number of ether oxygens (including phenoxy) is 2. The number of rotatable bonds is 7. The first-order chi connectivity index (χ1) is 10.3. The lowest BCUT2D eigenvalue weighted by atomic mass is 10.0. The Morgan fingerprint density at radius 3 is 2.36 bits per heavy atom. The van der Waals surface area contributed by atoms with E-state index in [4.69, 9.17) is 9.47 Å². The maximum absolute atomic E-state index is 10.1. The Balaban J connectivity index is 2.32. The Morgan fingerprint density at radius 2 is 1.82 bits per heavy atom. The molecule has 0 spiro atoms. The second-order valence-electron chi connectivity index (χ2n) is 6.66. The van der Waals surface area contributed by atoms with Crippen LogP contribution in [0.1, 0.15) is 18.9 Å². The van der Waals surface area contributed by atoms with Gasteiger partial charge in [0.15, 0.2) is 0 Å². The van der Waals surface area contributed by atoms with E-state index in [1.165, 1.54) is 0 Å². The third kappa shape index (κ3) is 7.65. The number of hydrogen-bond acceptors (Lipinski definition) is 3. The predicted molar refractivity (Wildman–Crippen MR) is 93.6 cm³/mol. The van der Waals surface area contributed by atoms with E-state index in [0.29, 0.717) is 19.6 Å². The summed E-state index contributed by atoms with van der Waals surface area (Å²) < 4.78 is 10.8. The molecule has 0 aliphatic rings. The van der Waals surface area contributed by atoms with Gasteiger partial charge in [-0.25, -0.2) is 0 Å². The minimum absolute atomic E-state index is 0.0779. The molecule has 0 aromatic heterocycles. The standard InChI is InChI=1S/C18H28O3Si/c1-15(18(19)7-6-12-22(3,4)5)13-21-14-16-8-10-17(20-2)11-9-16/h8-11,15,18-19H,7,13-14H2,1-5H3/t15-,18+/m1/s1. The van der Waals surface area contributed by atoms with Crippen LogP contribution in [0, 0.1) is 17.4 Å². The van der Waals surface area contributed by atoms with Gasteiger partial charge in [-0.05, 0) is 17.7 Å². The van der Waals surface area contributed by atoms with Gasteiger partial charge in [-0.2, -0.15) is 0 Å². The van der Waals surface area contributed by atoms with Gasteiger partial charge in [0.1, 0.15) is 13.8 Å². The molecule has 0 saturated heterocycles. The molecule has 0 fully saturated rings. The molecule has 0 heterocycles. The van der Waals surface area contributed by atoms with E-state index in [1.54, 1.807) is 7.11 Å². The molecule has 1 rings (SSSR count). The zero-order chi connectivity index (χ0) is 16.6. The summed E-state index contributed by atoms with van der Waals surface area (Å²) in [7, 11) is 0.302. The lowest BCUT2D eigenvalue weighted by molar-refractivity contribution is 0.0311. The smallest absolute Gasteiger partial charge is 0.129 e. The average molecular weight is 321 g/mol. The van der Waals surface area contributed by atoms with Crippen LogP contribution in [0.4, 0.5) is 0 Å².